The quantitative estimate of drug-likeness (QED) is 0.751. The van der Waals surface area contributed by atoms with Gasteiger partial charge in [0.25, 0.3) is 0 Å². The van der Waals surface area contributed by atoms with Crippen LogP contribution < -0.4 is 4.74 Å². The van der Waals surface area contributed by atoms with Gasteiger partial charge < -0.3 is 4.74 Å². The molecule has 1 aromatic carbocycles. The summed E-state index contributed by atoms with van der Waals surface area (Å²) in [5, 5.41) is 0. The molecular formula is C20H22O2. The Kier molecular flexibility index (Phi) is 4.81. The van der Waals surface area contributed by atoms with E-state index in [4.69, 9.17) is 4.74 Å². The number of carbonyl (C=O) groups is 1. The molecule has 2 rings (SSSR count). The van der Waals surface area contributed by atoms with E-state index in [9.17, 15) is 4.79 Å². The molecule has 0 radical (unpaired) electrons. The highest BCUT2D eigenvalue weighted by atomic mass is 16.5. The van der Waals surface area contributed by atoms with E-state index in [1.165, 1.54) is 0 Å². The van der Waals surface area contributed by atoms with Gasteiger partial charge in [0.2, 0.25) is 0 Å². The van der Waals surface area contributed by atoms with Gasteiger partial charge in [-0.15, -0.1) is 0 Å². The number of aryl methyl sites for hydroxylation is 2. The number of Topliss-reactive ketones (excluding diaryl/α,β-unsaturated/α-hetero) is 1. The predicted molar refractivity (Wildman–Crippen MR) is 92.1 cm³/mol. The molecule has 0 aromatic heterocycles. The maximum atomic E-state index is 11.8. The molecule has 0 fully saturated rings. The first-order chi connectivity index (χ1) is 10.4. The summed E-state index contributed by atoms with van der Waals surface area (Å²) in [6.07, 6.45) is 7.70. The molecule has 1 aliphatic rings. The van der Waals surface area contributed by atoms with Gasteiger partial charge in [-0.05, 0) is 91.5 Å². The molecule has 1 aliphatic carbocycles. The molecule has 2 heteroatoms. The van der Waals surface area contributed by atoms with Crippen LogP contribution >= 0.6 is 0 Å². The van der Waals surface area contributed by atoms with Gasteiger partial charge in [-0.3, -0.25) is 4.79 Å². The minimum absolute atomic E-state index is 0.123. The first-order valence-corrected chi connectivity index (χ1v) is 7.40. The van der Waals surface area contributed by atoms with Crippen LogP contribution in [-0.2, 0) is 4.79 Å². The van der Waals surface area contributed by atoms with Crippen LogP contribution in [0.4, 0.5) is 0 Å². The molecule has 0 spiro atoms. The minimum Gasteiger partial charge on any atom is -0.489 e. The summed E-state index contributed by atoms with van der Waals surface area (Å²) in [6.45, 7) is 12.0. The van der Waals surface area contributed by atoms with Gasteiger partial charge in [-0.25, -0.2) is 0 Å². The zero-order chi connectivity index (χ0) is 16.3. The molecule has 0 atom stereocenters. The fourth-order valence-corrected chi connectivity index (χ4v) is 2.70. The Hall–Kier alpha value is -2.35. The summed E-state index contributed by atoms with van der Waals surface area (Å²) in [5.41, 5.74) is 5.92. The van der Waals surface area contributed by atoms with Crippen molar-refractivity contribution in [3.8, 4) is 5.75 Å². The number of benzene rings is 1. The second kappa shape index (κ2) is 6.61. The lowest BCUT2D eigenvalue weighted by molar-refractivity contribution is -0.112. The second-order valence-electron chi connectivity index (χ2n) is 5.71. The third-order valence-electron chi connectivity index (χ3n) is 3.64. The van der Waals surface area contributed by atoms with Gasteiger partial charge >= 0.3 is 0 Å². The second-order valence-corrected chi connectivity index (χ2v) is 5.71. The van der Waals surface area contributed by atoms with E-state index in [1.54, 1.807) is 6.08 Å². The van der Waals surface area contributed by atoms with E-state index in [2.05, 4.69) is 24.8 Å². The Bertz CT molecular complexity index is 668. The molecule has 0 heterocycles. The van der Waals surface area contributed by atoms with E-state index in [0.717, 1.165) is 39.2 Å². The molecule has 0 bridgehead atoms. The Morgan fingerprint density at radius 1 is 1.05 bits per heavy atom. The van der Waals surface area contributed by atoms with Crippen molar-refractivity contribution < 1.29 is 9.53 Å². The summed E-state index contributed by atoms with van der Waals surface area (Å²) < 4.78 is 5.70. The molecule has 114 valence electrons. The molecule has 2 nitrogen and oxygen atoms in total. The van der Waals surface area contributed by atoms with E-state index < -0.39 is 0 Å². The maximum absolute atomic E-state index is 11.8. The van der Waals surface area contributed by atoms with Gasteiger partial charge in [0.05, 0.1) is 0 Å². The lowest BCUT2D eigenvalue weighted by Gasteiger charge is -2.13. The maximum Gasteiger partial charge on any atom is 0.184 e. The first kappa shape index (κ1) is 16.0. The first-order valence-electron chi connectivity index (χ1n) is 7.40. The van der Waals surface area contributed by atoms with E-state index in [1.807, 2.05) is 39.8 Å². The van der Waals surface area contributed by atoms with E-state index in [-0.39, 0.29) is 5.78 Å². The SMILES string of the molecule is C=CCOc1c(C)cc(C=C2C=C(C)C(=O)C(C)=C2)cc1C. The molecule has 0 saturated carbocycles. The van der Waals surface area contributed by atoms with Crippen molar-refractivity contribution in [1.82, 2.24) is 0 Å². The van der Waals surface area contributed by atoms with Crippen LogP contribution in [0, 0.1) is 13.8 Å². The van der Waals surface area contributed by atoms with Crippen LogP contribution in [-0.4, -0.2) is 12.4 Å². The van der Waals surface area contributed by atoms with Crippen molar-refractivity contribution in [2.45, 2.75) is 27.7 Å². The van der Waals surface area contributed by atoms with Crippen LogP contribution in [0.2, 0.25) is 0 Å². The van der Waals surface area contributed by atoms with Gasteiger partial charge in [0.1, 0.15) is 12.4 Å². The van der Waals surface area contributed by atoms with Gasteiger partial charge in [0, 0.05) is 0 Å². The molecule has 0 saturated heterocycles. The van der Waals surface area contributed by atoms with Crippen molar-refractivity contribution in [3.63, 3.8) is 0 Å². The molecule has 0 unspecified atom stereocenters. The number of hydrogen-bond donors (Lipinski definition) is 0. The smallest absolute Gasteiger partial charge is 0.184 e. The normalized spacial score (nSPS) is 14.4. The zero-order valence-corrected chi connectivity index (χ0v) is 13.7. The van der Waals surface area contributed by atoms with Crippen molar-refractivity contribution in [2.75, 3.05) is 6.61 Å². The molecule has 0 amide bonds. The highest BCUT2D eigenvalue weighted by molar-refractivity contribution is 6.09. The van der Waals surface area contributed by atoms with Crippen molar-refractivity contribution in [2.24, 2.45) is 0 Å². The Morgan fingerprint density at radius 2 is 1.59 bits per heavy atom. The van der Waals surface area contributed by atoms with Crippen LogP contribution in [0.25, 0.3) is 6.08 Å². The van der Waals surface area contributed by atoms with Crippen molar-refractivity contribution in [1.29, 1.82) is 0 Å². The Balaban J connectivity index is 2.37. The number of hydrogen-bond acceptors (Lipinski definition) is 2. The van der Waals surface area contributed by atoms with Crippen LogP contribution in [0.3, 0.4) is 0 Å². The number of allylic oxidation sites excluding steroid dienone is 5. The molecule has 0 N–H and O–H groups in total. The monoisotopic (exact) mass is 294 g/mol. The summed E-state index contributed by atoms with van der Waals surface area (Å²) >= 11 is 0. The lowest BCUT2D eigenvalue weighted by atomic mass is 9.94. The fourth-order valence-electron chi connectivity index (χ4n) is 2.70. The standard InChI is InChI=1S/C20H22O2/c1-6-7-22-20-15(4)10-18(11-16(20)5)12-17-8-13(2)19(21)14(3)9-17/h6,8-12H,1,7H2,2-5H3. The van der Waals surface area contributed by atoms with Gasteiger partial charge in [0.15, 0.2) is 5.78 Å². The summed E-state index contributed by atoms with van der Waals surface area (Å²) in [6, 6.07) is 4.20. The van der Waals surface area contributed by atoms with Crippen molar-refractivity contribution >= 4 is 11.9 Å². The van der Waals surface area contributed by atoms with Crippen LogP contribution in [0.15, 0.2) is 53.7 Å². The summed E-state index contributed by atoms with van der Waals surface area (Å²) in [7, 11) is 0. The molecule has 1 aromatic rings. The largest absolute Gasteiger partial charge is 0.489 e. The lowest BCUT2D eigenvalue weighted by Crippen LogP contribution is -2.05. The molecular weight excluding hydrogens is 272 g/mol. The summed E-state index contributed by atoms with van der Waals surface area (Å²) in [5.74, 6) is 1.04. The van der Waals surface area contributed by atoms with Crippen molar-refractivity contribution in [3.05, 3.63) is 70.3 Å². The average molecular weight is 294 g/mol. The third-order valence-corrected chi connectivity index (χ3v) is 3.64. The van der Waals surface area contributed by atoms with Gasteiger partial charge in [-0.1, -0.05) is 12.7 Å². The predicted octanol–water partition coefficient (Wildman–Crippen LogP) is 4.73. The van der Waals surface area contributed by atoms with Crippen LogP contribution in [0.1, 0.15) is 30.5 Å². The minimum atomic E-state index is 0.123. The zero-order valence-electron chi connectivity index (χ0n) is 13.7. The van der Waals surface area contributed by atoms with E-state index in [0.29, 0.717) is 6.61 Å². The third kappa shape index (κ3) is 3.45. The molecule has 0 aliphatic heterocycles. The fraction of sp³-hybridized carbons (Fsp3) is 0.250. The van der Waals surface area contributed by atoms with E-state index >= 15 is 0 Å². The highest BCUT2D eigenvalue weighted by Crippen LogP contribution is 2.27. The number of ether oxygens (including phenoxy) is 1. The molecule has 22 heavy (non-hydrogen) atoms. The highest BCUT2D eigenvalue weighted by Gasteiger charge is 2.13. The number of carbonyl (C=O) groups excluding carboxylic acids is 1. The topological polar surface area (TPSA) is 26.3 Å². The average Bonchev–Trinajstić information content (AvgIpc) is 2.44. The number of ketones is 1. The number of rotatable bonds is 4. The Morgan fingerprint density at radius 3 is 2.09 bits per heavy atom. The van der Waals surface area contributed by atoms with Crippen LogP contribution in [0.5, 0.6) is 5.75 Å². The summed E-state index contributed by atoms with van der Waals surface area (Å²) in [4.78, 5) is 11.8. The Labute approximate surface area is 132 Å². The van der Waals surface area contributed by atoms with Gasteiger partial charge in [-0.2, -0.15) is 0 Å².